The second kappa shape index (κ2) is 9.08. The molecule has 24 heavy (non-hydrogen) atoms. The summed E-state index contributed by atoms with van der Waals surface area (Å²) in [6.07, 6.45) is 4.72. The van der Waals surface area contributed by atoms with Crippen molar-refractivity contribution in [2.75, 3.05) is 31.6 Å². The number of rotatable bonds is 5. The molecule has 1 aliphatic rings. The maximum atomic E-state index is 12.2. The largest absolute Gasteiger partial charge is 0.463 e. The summed E-state index contributed by atoms with van der Waals surface area (Å²) in [7, 11) is 0. The van der Waals surface area contributed by atoms with Crippen LogP contribution in [-0.4, -0.2) is 48.3 Å². The van der Waals surface area contributed by atoms with E-state index < -0.39 is 0 Å². The van der Waals surface area contributed by atoms with Gasteiger partial charge in [-0.25, -0.2) is 9.59 Å². The lowest BCUT2D eigenvalue weighted by Gasteiger charge is -2.31. The standard InChI is InChI=1S/C18H24N2O4/c1-2-24-17(22)8-5-14-3-6-16(7-4-14)19-18(23)20-11-9-15(13-21)10-12-20/h3-8,15,21H,2,9-13H2,1H3,(H,19,23). The Hall–Kier alpha value is -2.34. The van der Waals surface area contributed by atoms with E-state index in [1.165, 1.54) is 6.08 Å². The summed E-state index contributed by atoms with van der Waals surface area (Å²) in [5.41, 5.74) is 1.56. The Balaban J connectivity index is 1.85. The van der Waals surface area contributed by atoms with Gasteiger partial charge < -0.3 is 20.1 Å². The third-order valence-electron chi connectivity index (χ3n) is 4.02. The number of urea groups is 1. The molecule has 2 N–H and O–H groups in total. The van der Waals surface area contributed by atoms with Gasteiger partial charge in [0.25, 0.3) is 0 Å². The summed E-state index contributed by atoms with van der Waals surface area (Å²) in [4.78, 5) is 25.2. The first-order chi connectivity index (χ1) is 11.6. The fourth-order valence-electron chi connectivity index (χ4n) is 2.55. The highest BCUT2D eigenvalue weighted by Crippen LogP contribution is 2.18. The fourth-order valence-corrected chi connectivity index (χ4v) is 2.55. The van der Waals surface area contributed by atoms with Gasteiger partial charge in [-0.3, -0.25) is 0 Å². The molecule has 0 radical (unpaired) electrons. The molecule has 0 unspecified atom stereocenters. The van der Waals surface area contributed by atoms with Crippen LogP contribution in [0.15, 0.2) is 30.3 Å². The number of hydrogen-bond donors (Lipinski definition) is 2. The first-order valence-electron chi connectivity index (χ1n) is 8.24. The van der Waals surface area contributed by atoms with Crippen molar-refractivity contribution >= 4 is 23.8 Å². The van der Waals surface area contributed by atoms with E-state index in [2.05, 4.69) is 5.32 Å². The van der Waals surface area contributed by atoms with E-state index in [-0.39, 0.29) is 18.6 Å². The van der Waals surface area contributed by atoms with Crippen LogP contribution in [0.4, 0.5) is 10.5 Å². The third-order valence-corrected chi connectivity index (χ3v) is 4.02. The van der Waals surface area contributed by atoms with Gasteiger partial charge in [0.05, 0.1) is 6.61 Å². The number of carbonyl (C=O) groups excluding carboxylic acids is 2. The van der Waals surface area contributed by atoms with Crippen LogP contribution in [-0.2, 0) is 9.53 Å². The quantitative estimate of drug-likeness (QED) is 0.641. The molecular formula is C18H24N2O4. The van der Waals surface area contributed by atoms with Crippen LogP contribution >= 0.6 is 0 Å². The van der Waals surface area contributed by atoms with E-state index >= 15 is 0 Å². The van der Waals surface area contributed by atoms with E-state index in [1.807, 2.05) is 12.1 Å². The van der Waals surface area contributed by atoms with E-state index in [0.717, 1.165) is 18.4 Å². The zero-order valence-electron chi connectivity index (χ0n) is 13.9. The van der Waals surface area contributed by atoms with Crippen LogP contribution in [0.25, 0.3) is 6.08 Å². The van der Waals surface area contributed by atoms with Crippen molar-refractivity contribution in [1.29, 1.82) is 0 Å². The molecule has 1 aliphatic heterocycles. The zero-order valence-corrected chi connectivity index (χ0v) is 13.9. The van der Waals surface area contributed by atoms with E-state index in [9.17, 15) is 9.59 Å². The number of hydrogen-bond acceptors (Lipinski definition) is 4. The summed E-state index contributed by atoms with van der Waals surface area (Å²) in [5, 5.41) is 12.0. The number of carbonyl (C=O) groups is 2. The molecule has 0 spiro atoms. The van der Waals surface area contributed by atoms with Crippen molar-refractivity contribution < 1.29 is 19.4 Å². The minimum atomic E-state index is -0.374. The smallest absolute Gasteiger partial charge is 0.330 e. The molecule has 0 aromatic heterocycles. The maximum absolute atomic E-state index is 12.2. The highest BCUT2D eigenvalue weighted by Gasteiger charge is 2.22. The van der Waals surface area contributed by atoms with Gasteiger partial charge >= 0.3 is 12.0 Å². The van der Waals surface area contributed by atoms with E-state index in [1.54, 1.807) is 30.0 Å². The number of ether oxygens (including phenoxy) is 1. The molecular weight excluding hydrogens is 308 g/mol. The second-order valence-corrected chi connectivity index (χ2v) is 5.75. The number of piperidine rings is 1. The van der Waals surface area contributed by atoms with Gasteiger partial charge in [0.1, 0.15) is 0 Å². The number of benzene rings is 1. The highest BCUT2D eigenvalue weighted by molar-refractivity contribution is 5.90. The molecule has 1 heterocycles. The molecule has 6 nitrogen and oxygen atoms in total. The van der Waals surface area contributed by atoms with Gasteiger partial charge in [0, 0.05) is 31.5 Å². The highest BCUT2D eigenvalue weighted by atomic mass is 16.5. The number of esters is 1. The third kappa shape index (κ3) is 5.38. The molecule has 0 atom stereocenters. The molecule has 1 aromatic carbocycles. The molecule has 1 aromatic rings. The van der Waals surface area contributed by atoms with Crippen LogP contribution in [0.2, 0.25) is 0 Å². The summed E-state index contributed by atoms with van der Waals surface area (Å²) in [5.74, 6) is -0.0688. The Labute approximate surface area is 142 Å². The van der Waals surface area contributed by atoms with Crippen molar-refractivity contribution in [3.8, 4) is 0 Å². The van der Waals surface area contributed by atoms with Crippen molar-refractivity contribution in [1.82, 2.24) is 4.90 Å². The minimum Gasteiger partial charge on any atom is -0.463 e. The van der Waals surface area contributed by atoms with Gasteiger partial charge in [0.15, 0.2) is 0 Å². The average Bonchev–Trinajstić information content (AvgIpc) is 2.61. The first-order valence-corrected chi connectivity index (χ1v) is 8.24. The Morgan fingerprint density at radius 3 is 2.54 bits per heavy atom. The summed E-state index contributed by atoms with van der Waals surface area (Å²) < 4.78 is 4.82. The summed E-state index contributed by atoms with van der Waals surface area (Å²) >= 11 is 0. The van der Waals surface area contributed by atoms with Gasteiger partial charge in [-0.1, -0.05) is 12.1 Å². The van der Waals surface area contributed by atoms with Crippen molar-refractivity contribution in [3.05, 3.63) is 35.9 Å². The normalized spacial score (nSPS) is 15.5. The Morgan fingerprint density at radius 2 is 1.96 bits per heavy atom. The van der Waals surface area contributed by atoms with Crippen LogP contribution in [0, 0.1) is 5.92 Å². The molecule has 0 bridgehead atoms. The van der Waals surface area contributed by atoms with Crippen LogP contribution < -0.4 is 5.32 Å². The topological polar surface area (TPSA) is 78.9 Å². The lowest BCUT2D eigenvalue weighted by Crippen LogP contribution is -2.41. The fraction of sp³-hybridized carbons (Fsp3) is 0.444. The number of aliphatic hydroxyl groups excluding tert-OH is 1. The van der Waals surface area contributed by atoms with Crippen molar-refractivity contribution in [3.63, 3.8) is 0 Å². The second-order valence-electron chi connectivity index (χ2n) is 5.75. The molecule has 130 valence electrons. The average molecular weight is 332 g/mol. The molecule has 2 rings (SSSR count). The predicted octanol–water partition coefficient (Wildman–Crippen LogP) is 2.50. The van der Waals surface area contributed by atoms with Gasteiger partial charge in [0.2, 0.25) is 0 Å². The summed E-state index contributed by atoms with van der Waals surface area (Å²) in [6, 6.07) is 7.11. The van der Waals surface area contributed by atoms with Gasteiger partial charge in [-0.2, -0.15) is 0 Å². The minimum absolute atomic E-state index is 0.124. The van der Waals surface area contributed by atoms with E-state index in [4.69, 9.17) is 9.84 Å². The number of anilines is 1. The SMILES string of the molecule is CCOC(=O)C=Cc1ccc(NC(=O)N2CCC(CO)CC2)cc1. The van der Waals surface area contributed by atoms with Gasteiger partial charge in [-0.15, -0.1) is 0 Å². The molecule has 0 saturated carbocycles. The number of amides is 2. The van der Waals surface area contributed by atoms with Crippen LogP contribution in [0.1, 0.15) is 25.3 Å². The molecule has 0 aliphatic carbocycles. The number of aliphatic hydroxyl groups is 1. The molecule has 6 heteroatoms. The van der Waals surface area contributed by atoms with Crippen molar-refractivity contribution in [2.24, 2.45) is 5.92 Å². The number of nitrogens with one attached hydrogen (secondary N) is 1. The first kappa shape index (κ1) is 18.0. The lowest BCUT2D eigenvalue weighted by atomic mass is 9.98. The number of likely N-dealkylation sites (tertiary alicyclic amines) is 1. The monoisotopic (exact) mass is 332 g/mol. The Kier molecular flexibility index (Phi) is 6.81. The molecule has 2 amide bonds. The van der Waals surface area contributed by atoms with Crippen LogP contribution in [0.5, 0.6) is 0 Å². The number of nitrogens with zero attached hydrogens (tertiary/aromatic N) is 1. The van der Waals surface area contributed by atoms with Gasteiger partial charge in [-0.05, 0) is 49.5 Å². The molecule has 1 saturated heterocycles. The zero-order chi connectivity index (χ0) is 17.4. The van der Waals surface area contributed by atoms with E-state index in [0.29, 0.717) is 31.3 Å². The Morgan fingerprint density at radius 1 is 1.29 bits per heavy atom. The van der Waals surface area contributed by atoms with Crippen LogP contribution in [0.3, 0.4) is 0 Å². The molecule has 1 fully saturated rings. The summed E-state index contributed by atoms with van der Waals surface area (Å²) in [6.45, 7) is 3.63. The maximum Gasteiger partial charge on any atom is 0.330 e. The predicted molar refractivity (Wildman–Crippen MR) is 92.5 cm³/mol. The lowest BCUT2D eigenvalue weighted by molar-refractivity contribution is -0.137. The van der Waals surface area contributed by atoms with Crippen molar-refractivity contribution in [2.45, 2.75) is 19.8 Å². The Bertz CT molecular complexity index is 575.